The predicted octanol–water partition coefficient (Wildman–Crippen LogP) is 2.90. The second kappa shape index (κ2) is 4.67. The number of benzene rings is 1. The van der Waals surface area contributed by atoms with Crippen molar-refractivity contribution in [3.63, 3.8) is 0 Å². The monoisotopic (exact) mass is 248 g/mol. The van der Waals surface area contributed by atoms with E-state index in [0.29, 0.717) is 16.7 Å². The molecule has 1 aromatic heterocycles. The molecule has 0 fully saturated rings. The van der Waals surface area contributed by atoms with Crippen LogP contribution in [0.3, 0.4) is 0 Å². The van der Waals surface area contributed by atoms with Gasteiger partial charge >= 0.3 is 0 Å². The number of hydrogen-bond acceptors (Lipinski definition) is 4. The third-order valence-electron chi connectivity index (χ3n) is 2.27. The summed E-state index contributed by atoms with van der Waals surface area (Å²) in [6.07, 6.45) is 0. The minimum atomic E-state index is 0.207. The predicted molar refractivity (Wildman–Crippen MR) is 68.8 cm³/mol. The van der Waals surface area contributed by atoms with Gasteiger partial charge in [0.2, 0.25) is 5.95 Å². The first-order valence-corrected chi connectivity index (χ1v) is 5.71. The van der Waals surface area contributed by atoms with E-state index in [1.165, 1.54) is 0 Å². The number of rotatable bonds is 2. The third-order valence-corrected chi connectivity index (χ3v) is 2.50. The molecule has 0 aliphatic heterocycles. The highest BCUT2D eigenvalue weighted by atomic mass is 35.5. The van der Waals surface area contributed by atoms with Gasteiger partial charge in [-0.2, -0.15) is 9.97 Å². The molecule has 0 aliphatic carbocycles. The average Bonchev–Trinajstić information content (AvgIpc) is 2.28. The number of nitrogens with zero attached hydrogens (tertiary/aromatic N) is 3. The van der Waals surface area contributed by atoms with Crippen LogP contribution in [0.5, 0.6) is 0 Å². The molecule has 0 radical (unpaired) electrons. The van der Waals surface area contributed by atoms with Crippen molar-refractivity contribution < 1.29 is 0 Å². The van der Waals surface area contributed by atoms with Crippen molar-refractivity contribution in [1.29, 1.82) is 0 Å². The minimum Gasteiger partial charge on any atom is -0.368 e. The molecular formula is C12H13ClN4. The van der Waals surface area contributed by atoms with E-state index in [0.717, 1.165) is 5.56 Å². The van der Waals surface area contributed by atoms with Crippen LogP contribution >= 0.6 is 11.6 Å². The van der Waals surface area contributed by atoms with Crippen LogP contribution in [-0.4, -0.2) is 15.0 Å². The Balaban J connectivity index is 2.52. The lowest BCUT2D eigenvalue weighted by atomic mass is 10.2. The Hall–Kier alpha value is -1.68. The Morgan fingerprint density at radius 1 is 1.18 bits per heavy atom. The largest absolute Gasteiger partial charge is 0.368 e. The molecule has 88 valence electrons. The summed E-state index contributed by atoms with van der Waals surface area (Å²) in [5.74, 6) is 1.69. The second-order valence-electron chi connectivity index (χ2n) is 4.04. The summed E-state index contributed by atoms with van der Waals surface area (Å²) in [5.41, 5.74) is 6.52. The highest BCUT2D eigenvalue weighted by Crippen LogP contribution is 2.21. The Bertz CT molecular complexity index is 540. The molecule has 0 atom stereocenters. The van der Waals surface area contributed by atoms with Gasteiger partial charge in [0.25, 0.3) is 0 Å². The molecule has 5 heteroatoms. The van der Waals surface area contributed by atoms with Gasteiger partial charge < -0.3 is 5.73 Å². The fraction of sp³-hybridized carbons (Fsp3) is 0.250. The molecule has 0 bridgehead atoms. The first kappa shape index (κ1) is 11.8. The summed E-state index contributed by atoms with van der Waals surface area (Å²) >= 11 is 5.93. The Kier molecular flexibility index (Phi) is 3.24. The molecule has 0 saturated heterocycles. The molecule has 0 spiro atoms. The van der Waals surface area contributed by atoms with Gasteiger partial charge in [-0.25, -0.2) is 4.98 Å². The van der Waals surface area contributed by atoms with E-state index in [4.69, 9.17) is 17.3 Å². The Morgan fingerprint density at radius 3 is 2.59 bits per heavy atom. The van der Waals surface area contributed by atoms with Crippen LogP contribution in [0.15, 0.2) is 24.3 Å². The summed E-state index contributed by atoms with van der Waals surface area (Å²) < 4.78 is 0. The molecule has 0 amide bonds. The lowest BCUT2D eigenvalue weighted by molar-refractivity contribution is 0.767. The van der Waals surface area contributed by atoms with Crippen LogP contribution in [0.2, 0.25) is 5.02 Å². The van der Waals surface area contributed by atoms with E-state index in [1.807, 2.05) is 26.0 Å². The fourth-order valence-corrected chi connectivity index (χ4v) is 1.61. The van der Waals surface area contributed by atoms with Crippen LogP contribution in [-0.2, 0) is 0 Å². The number of anilines is 1. The summed E-state index contributed by atoms with van der Waals surface area (Å²) in [7, 11) is 0. The highest BCUT2D eigenvalue weighted by molar-refractivity contribution is 6.30. The highest BCUT2D eigenvalue weighted by Gasteiger charge is 2.09. The smallest absolute Gasteiger partial charge is 0.223 e. The Morgan fingerprint density at radius 2 is 1.94 bits per heavy atom. The zero-order valence-electron chi connectivity index (χ0n) is 9.68. The lowest BCUT2D eigenvalue weighted by Crippen LogP contribution is -2.06. The third kappa shape index (κ3) is 2.71. The van der Waals surface area contributed by atoms with E-state index in [1.54, 1.807) is 12.1 Å². The SMILES string of the molecule is CC(C)c1nc(N)nc(-c2cccc(Cl)c2)n1. The molecular weight excluding hydrogens is 236 g/mol. The van der Waals surface area contributed by atoms with Gasteiger partial charge in [-0.05, 0) is 12.1 Å². The molecule has 0 saturated carbocycles. The normalized spacial score (nSPS) is 10.8. The molecule has 1 heterocycles. The first-order chi connectivity index (χ1) is 8.06. The van der Waals surface area contributed by atoms with Gasteiger partial charge in [0.15, 0.2) is 5.82 Å². The van der Waals surface area contributed by atoms with Crippen molar-refractivity contribution in [3.05, 3.63) is 35.1 Å². The fourth-order valence-electron chi connectivity index (χ4n) is 1.42. The van der Waals surface area contributed by atoms with Crippen molar-refractivity contribution in [1.82, 2.24) is 15.0 Å². The molecule has 17 heavy (non-hydrogen) atoms. The number of aromatic nitrogens is 3. The van der Waals surface area contributed by atoms with Crippen LogP contribution in [0.1, 0.15) is 25.6 Å². The van der Waals surface area contributed by atoms with Crippen LogP contribution in [0, 0.1) is 0 Å². The molecule has 2 rings (SSSR count). The molecule has 2 N–H and O–H groups in total. The number of nitrogen functional groups attached to an aromatic ring is 1. The van der Waals surface area contributed by atoms with Crippen LogP contribution < -0.4 is 5.73 Å². The zero-order valence-corrected chi connectivity index (χ0v) is 10.4. The van der Waals surface area contributed by atoms with Gasteiger partial charge in [-0.15, -0.1) is 0 Å². The van der Waals surface area contributed by atoms with Crippen LogP contribution in [0.4, 0.5) is 5.95 Å². The quantitative estimate of drug-likeness (QED) is 0.888. The second-order valence-corrected chi connectivity index (χ2v) is 4.48. The molecule has 4 nitrogen and oxygen atoms in total. The Labute approximate surface area is 105 Å². The lowest BCUT2D eigenvalue weighted by Gasteiger charge is -2.07. The number of nitrogens with two attached hydrogens (primary N) is 1. The first-order valence-electron chi connectivity index (χ1n) is 5.33. The molecule has 1 aromatic carbocycles. The minimum absolute atomic E-state index is 0.207. The van der Waals surface area contributed by atoms with E-state index < -0.39 is 0 Å². The van der Waals surface area contributed by atoms with Gasteiger partial charge in [-0.1, -0.05) is 37.6 Å². The van der Waals surface area contributed by atoms with Gasteiger partial charge in [0.05, 0.1) is 0 Å². The maximum absolute atomic E-state index is 5.93. The summed E-state index contributed by atoms with van der Waals surface area (Å²) in [6, 6.07) is 7.36. The van der Waals surface area contributed by atoms with E-state index in [2.05, 4.69) is 15.0 Å². The number of halogens is 1. The molecule has 0 aliphatic rings. The van der Waals surface area contributed by atoms with E-state index >= 15 is 0 Å². The van der Waals surface area contributed by atoms with Gasteiger partial charge in [0.1, 0.15) is 5.82 Å². The van der Waals surface area contributed by atoms with Gasteiger partial charge in [-0.3, -0.25) is 0 Å². The average molecular weight is 249 g/mol. The molecule has 2 aromatic rings. The molecule has 0 unspecified atom stereocenters. The summed E-state index contributed by atoms with van der Waals surface area (Å²) in [5, 5.41) is 0.646. The maximum Gasteiger partial charge on any atom is 0.223 e. The summed E-state index contributed by atoms with van der Waals surface area (Å²) in [4.78, 5) is 12.6. The zero-order chi connectivity index (χ0) is 12.4. The van der Waals surface area contributed by atoms with Gasteiger partial charge in [0, 0.05) is 16.5 Å². The topological polar surface area (TPSA) is 64.7 Å². The van der Waals surface area contributed by atoms with Crippen molar-refractivity contribution in [2.24, 2.45) is 0 Å². The number of hydrogen-bond donors (Lipinski definition) is 1. The van der Waals surface area contributed by atoms with Crippen molar-refractivity contribution in [2.45, 2.75) is 19.8 Å². The van der Waals surface area contributed by atoms with Crippen molar-refractivity contribution >= 4 is 17.5 Å². The standard InChI is InChI=1S/C12H13ClN4/c1-7(2)10-15-11(17-12(14)16-10)8-4-3-5-9(13)6-8/h3-7H,1-2H3,(H2,14,15,16,17). The van der Waals surface area contributed by atoms with E-state index in [9.17, 15) is 0 Å². The van der Waals surface area contributed by atoms with E-state index in [-0.39, 0.29) is 11.9 Å². The van der Waals surface area contributed by atoms with Crippen LogP contribution in [0.25, 0.3) is 11.4 Å². The summed E-state index contributed by atoms with van der Waals surface area (Å²) in [6.45, 7) is 4.02. The van der Waals surface area contributed by atoms with Crippen molar-refractivity contribution in [2.75, 3.05) is 5.73 Å². The van der Waals surface area contributed by atoms with Crippen molar-refractivity contribution in [3.8, 4) is 11.4 Å². The maximum atomic E-state index is 5.93.